The van der Waals surface area contributed by atoms with Gasteiger partial charge in [-0.3, -0.25) is 4.79 Å². The first kappa shape index (κ1) is 16.7. The first-order chi connectivity index (χ1) is 10.6. The van der Waals surface area contributed by atoms with Gasteiger partial charge in [-0.15, -0.1) is 0 Å². The normalized spacial score (nSPS) is 13.8. The molecule has 3 nitrogen and oxygen atoms in total. The summed E-state index contributed by atoms with van der Waals surface area (Å²) in [5, 5.41) is 7.35. The second kappa shape index (κ2) is 8.11. The number of benzene rings is 1. The van der Waals surface area contributed by atoms with Crippen LogP contribution in [0.15, 0.2) is 47.2 Å². The number of nitrogens with one attached hydrogen (secondary N) is 1. The third-order valence-corrected chi connectivity index (χ3v) is 4.65. The summed E-state index contributed by atoms with van der Waals surface area (Å²) < 4.78 is 0. The van der Waals surface area contributed by atoms with Gasteiger partial charge < -0.3 is 10.2 Å². The van der Waals surface area contributed by atoms with E-state index in [0.29, 0.717) is 6.54 Å². The van der Waals surface area contributed by atoms with Crippen LogP contribution in [0.3, 0.4) is 0 Å². The highest BCUT2D eigenvalue weighted by Crippen LogP contribution is 2.22. The molecule has 0 radical (unpaired) electrons. The van der Waals surface area contributed by atoms with Crippen molar-refractivity contribution >= 4 is 17.2 Å². The number of amides is 1. The van der Waals surface area contributed by atoms with E-state index in [2.05, 4.69) is 34.0 Å². The summed E-state index contributed by atoms with van der Waals surface area (Å²) in [5.41, 5.74) is 2.34. The number of hydrogen-bond acceptors (Lipinski definition) is 3. The van der Waals surface area contributed by atoms with Crippen molar-refractivity contribution in [2.24, 2.45) is 0 Å². The maximum atomic E-state index is 12.5. The van der Waals surface area contributed by atoms with Gasteiger partial charge in [-0.2, -0.15) is 11.3 Å². The van der Waals surface area contributed by atoms with Crippen LogP contribution in [-0.4, -0.2) is 31.4 Å². The Morgan fingerprint density at radius 1 is 1.18 bits per heavy atom. The monoisotopic (exact) mass is 316 g/mol. The second-order valence-electron chi connectivity index (χ2n) is 5.65. The zero-order chi connectivity index (χ0) is 15.9. The molecule has 2 rings (SSSR count). The Morgan fingerprint density at radius 3 is 2.45 bits per heavy atom. The van der Waals surface area contributed by atoms with Gasteiger partial charge in [0.15, 0.2) is 0 Å². The summed E-state index contributed by atoms with van der Waals surface area (Å²) in [6.45, 7) is 2.69. The Kier molecular flexibility index (Phi) is 6.16. The minimum absolute atomic E-state index is 0.0773. The Morgan fingerprint density at radius 2 is 1.91 bits per heavy atom. The van der Waals surface area contributed by atoms with Crippen molar-refractivity contribution in [3.05, 3.63) is 58.3 Å². The molecular formula is C18H24N2OS. The zero-order valence-corrected chi connectivity index (χ0v) is 14.3. The molecule has 0 spiro atoms. The minimum atomic E-state index is -0.0773. The van der Waals surface area contributed by atoms with Gasteiger partial charge >= 0.3 is 0 Å². The van der Waals surface area contributed by atoms with Gasteiger partial charge in [0.25, 0.3) is 0 Å². The number of hydrogen-bond donors (Lipinski definition) is 1. The molecular weight excluding hydrogens is 292 g/mol. The summed E-state index contributed by atoms with van der Waals surface area (Å²) in [5.74, 6) is 0.0299. The molecule has 0 aliphatic heterocycles. The Balaban J connectivity index is 2.01. The molecule has 0 bridgehead atoms. The highest BCUT2D eigenvalue weighted by atomic mass is 32.1. The largest absolute Gasteiger partial charge is 0.354 e. The topological polar surface area (TPSA) is 32.3 Å². The lowest BCUT2D eigenvalue weighted by molar-refractivity contribution is -0.122. The van der Waals surface area contributed by atoms with E-state index in [9.17, 15) is 4.79 Å². The molecule has 1 N–H and O–H groups in total. The molecule has 0 aliphatic rings. The van der Waals surface area contributed by atoms with Gasteiger partial charge in [-0.1, -0.05) is 37.3 Å². The molecule has 0 fully saturated rings. The van der Waals surface area contributed by atoms with Gasteiger partial charge in [0.1, 0.15) is 0 Å². The summed E-state index contributed by atoms with van der Waals surface area (Å²) in [6, 6.07) is 12.3. The van der Waals surface area contributed by atoms with E-state index >= 15 is 0 Å². The highest BCUT2D eigenvalue weighted by Gasteiger charge is 2.21. The van der Waals surface area contributed by atoms with Crippen LogP contribution in [0.25, 0.3) is 0 Å². The quantitative estimate of drug-likeness (QED) is 0.845. The molecule has 2 aromatic rings. The maximum absolute atomic E-state index is 12.5. The molecule has 1 aromatic heterocycles. The lowest BCUT2D eigenvalue weighted by atomic mass is 9.95. The van der Waals surface area contributed by atoms with E-state index in [1.165, 1.54) is 5.56 Å². The smallest absolute Gasteiger partial charge is 0.227 e. The van der Waals surface area contributed by atoms with E-state index in [0.717, 1.165) is 12.0 Å². The van der Waals surface area contributed by atoms with E-state index < -0.39 is 0 Å². The van der Waals surface area contributed by atoms with Gasteiger partial charge in [-0.25, -0.2) is 0 Å². The second-order valence-corrected chi connectivity index (χ2v) is 6.43. The Labute approximate surface area is 137 Å². The third kappa shape index (κ3) is 4.18. The van der Waals surface area contributed by atoms with Crippen molar-refractivity contribution in [3.8, 4) is 0 Å². The molecule has 118 valence electrons. The summed E-state index contributed by atoms with van der Waals surface area (Å²) in [7, 11) is 4.09. The van der Waals surface area contributed by atoms with E-state index in [4.69, 9.17) is 0 Å². The SMILES string of the molecule is CCC(C(=O)NCC(c1ccsc1)N(C)C)c1ccccc1. The van der Waals surface area contributed by atoms with Gasteiger partial charge in [-0.05, 0) is 48.5 Å². The summed E-state index contributed by atoms with van der Waals surface area (Å²) in [6.07, 6.45) is 0.806. The standard InChI is InChI=1S/C18H24N2OS/c1-4-16(14-8-6-5-7-9-14)18(21)19-12-17(20(2)3)15-10-11-22-13-15/h5-11,13,16-17H,4,12H2,1-3H3,(H,19,21). The molecule has 0 saturated carbocycles. The van der Waals surface area contributed by atoms with Gasteiger partial charge in [0, 0.05) is 6.54 Å². The average Bonchev–Trinajstić information content (AvgIpc) is 3.03. The number of thiophene rings is 1. The van der Waals surface area contributed by atoms with Crippen LogP contribution >= 0.6 is 11.3 Å². The molecule has 2 atom stereocenters. The minimum Gasteiger partial charge on any atom is -0.354 e. The molecule has 1 amide bonds. The van der Waals surface area contributed by atoms with Gasteiger partial charge in [0.05, 0.1) is 12.0 Å². The van der Waals surface area contributed by atoms with Gasteiger partial charge in [0.2, 0.25) is 5.91 Å². The number of carbonyl (C=O) groups excluding carboxylic acids is 1. The van der Waals surface area contributed by atoms with Crippen molar-refractivity contribution in [1.29, 1.82) is 0 Å². The van der Waals surface area contributed by atoms with Crippen LogP contribution in [0.4, 0.5) is 0 Å². The van der Waals surface area contributed by atoms with Crippen molar-refractivity contribution in [2.75, 3.05) is 20.6 Å². The van der Waals surface area contributed by atoms with E-state index in [1.54, 1.807) is 11.3 Å². The zero-order valence-electron chi connectivity index (χ0n) is 13.5. The molecule has 4 heteroatoms. The molecule has 1 heterocycles. The predicted molar refractivity (Wildman–Crippen MR) is 93.2 cm³/mol. The van der Waals surface area contributed by atoms with Crippen LogP contribution in [-0.2, 0) is 4.79 Å². The van der Waals surface area contributed by atoms with Crippen LogP contribution in [0.1, 0.15) is 36.4 Å². The van der Waals surface area contributed by atoms with Crippen LogP contribution in [0.2, 0.25) is 0 Å². The fraction of sp³-hybridized carbons (Fsp3) is 0.389. The van der Waals surface area contributed by atoms with E-state index in [-0.39, 0.29) is 17.9 Å². The first-order valence-electron chi connectivity index (χ1n) is 7.64. The van der Waals surface area contributed by atoms with Crippen LogP contribution < -0.4 is 5.32 Å². The first-order valence-corrected chi connectivity index (χ1v) is 8.59. The third-order valence-electron chi connectivity index (χ3n) is 3.95. The Bertz CT molecular complexity index is 566. The molecule has 0 aliphatic carbocycles. The van der Waals surface area contributed by atoms with Crippen molar-refractivity contribution in [3.63, 3.8) is 0 Å². The lowest BCUT2D eigenvalue weighted by Gasteiger charge is -2.25. The number of likely N-dealkylation sites (N-methyl/N-ethyl adjacent to an activating group) is 1. The van der Waals surface area contributed by atoms with Crippen molar-refractivity contribution < 1.29 is 4.79 Å². The number of carbonyl (C=O) groups is 1. The molecule has 2 unspecified atom stereocenters. The maximum Gasteiger partial charge on any atom is 0.227 e. The summed E-state index contributed by atoms with van der Waals surface area (Å²) >= 11 is 1.69. The molecule has 1 aromatic carbocycles. The lowest BCUT2D eigenvalue weighted by Crippen LogP contribution is -2.36. The van der Waals surface area contributed by atoms with E-state index in [1.807, 2.05) is 44.4 Å². The molecule has 0 saturated heterocycles. The molecule has 22 heavy (non-hydrogen) atoms. The fourth-order valence-corrected chi connectivity index (χ4v) is 3.35. The number of nitrogens with zero attached hydrogens (tertiary/aromatic N) is 1. The fourth-order valence-electron chi connectivity index (χ4n) is 2.64. The predicted octanol–water partition coefficient (Wildman–Crippen LogP) is 3.66. The van der Waals surface area contributed by atoms with Crippen molar-refractivity contribution in [1.82, 2.24) is 10.2 Å². The number of rotatable bonds is 7. The average molecular weight is 316 g/mol. The Hall–Kier alpha value is -1.65. The summed E-state index contributed by atoms with van der Waals surface area (Å²) in [4.78, 5) is 14.7. The highest BCUT2D eigenvalue weighted by molar-refractivity contribution is 7.07. The van der Waals surface area contributed by atoms with Crippen molar-refractivity contribution in [2.45, 2.75) is 25.3 Å². The van der Waals surface area contributed by atoms with Crippen LogP contribution in [0, 0.1) is 0 Å². The van der Waals surface area contributed by atoms with Crippen LogP contribution in [0.5, 0.6) is 0 Å².